The normalized spacial score (nSPS) is 22.7. The Labute approximate surface area is 76.3 Å². The summed E-state index contributed by atoms with van der Waals surface area (Å²) in [5, 5.41) is 6.69. The molecular weight excluding hydrogens is 168 g/mol. The highest BCUT2D eigenvalue weighted by atomic mass is 16.2. The van der Waals surface area contributed by atoms with Gasteiger partial charge in [0.05, 0.1) is 0 Å². The fourth-order valence-electron chi connectivity index (χ4n) is 1.16. The van der Waals surface area contributed by atoms with Crippen LogP contribution in [0, 0.1) is 5.92 Å². The first-order valence-corrected chi connectivity index (χ1v) is 4.40. The second-order valence-electron chi connectivity index (χ2n) is 3.35. The molecule has 2 rings (SSSR count). The molecule has 0 saturated heterocycles. The zero-order valence-corrected chi connectivity index (χ0v) is 7.50. The Morgan fingerprint density at radius 3 is 3.00 bits per heavy atom. The minimum atomic E-state index is -0.0817. The molecule has 1 heterocycles. The molecule has 0 atom stereocenters. The maximum Gasteiger partial charge on any atom is 0.248 e. The van der Waals surface area contributed by atoms with E-state index in [9.17, 15) is 4.79 Å². The van der Waals surface area contributed by atoms with E-state index in [0.29, 0.717) is 11.9 Å². The third-order valence-electron chi connectivity index (χ3n) is 2.14. The van der Waals surface area contributed by atoms with E-state index < -0.39 is 0 Å². The van der Waals surface area contributed by atoms with E-state index in [-0.39, 0.29) is 12.5 Å². The standard InChI is InChI=1S/C8H12N4O/c1-5(6-2-3-6)11-12-8-9-4-7(13)10-8/h6H,2-4H2,1H3,(H2,9,10,12,13). The van der Waals surface area contributed by atoms with Gasteiger partial charge >= 0.3 is 0 Å². The second kappa shape index (κ2) is 3.16. The molecule has 0 unspecified atom stereocenters. The molecule has 1 aliphatic carbocycles. The first-order valence-electron chi connectivity index (χ1n) is 4.40. The number of hydrogen-bond acceptors (Lipinski definition) is 4. The average molecular weight is 180 g/mol. The van der Waals surface area contributed by atoms with Gasteiger partial charge in [-0.1, -0.05) is 0 Å². The zero-order valence-electron chi connectivity index (χ0n) is 7.50. The summed E-state index contributed by atoms with van der Waals surface area (Å²) in [6, 6.07) is 0. The topological polar surface area (TPSA) is 65.8 Å². The van der Waals surface area contributed by atoms with Crippen LogP contribution in [0.4, 0.5) is 0 Å². The molecule has 1 saturated carbocycles. The molecule has 70 valence electrons. The van der Waals surface area contributed by atoms with E-state index in [2.05, 4.69) is 20.8 Å². The average Bonchev–Trinajstić information content (AvgIpc) is 2.87. The van der Waals surface area contributed by atoms with Gasteiger partial charge in [-0.05, 0) is 25.7 Å². The lowest BCUT2D eigenvalue weighted by Gasteiger charge is -2.00. The van der Waals surface area contributed by atoms with Crippen molar-refractivity contribution >= 4 is 17.6 Å². The lowest BCUT2D eigenvalue weighted by Crippen LogP contribution is -2.33. The lowest BCUT2D eigenvalue weighted by molar-refractivity contribution is -0.117. The van der Waals surface area contributed by atoms with E-state index in [0.717, 1.165) is 5.71 Å². The molecule has 1 fully saturated rings. The molecule has 0 radical (unpaired) electrons. The van der Waals surface area contributed by atoms with Crippen molar-refractivity contribution in [2.45, 2.75) is 19.8 Å². The summed E-state index contributed by atoms with van der Waals surface area (Å²) < 4.78 is 0. The summed E-state index contributed by atoms with van der Waals surface area (Å²) in [6.45, 7) is 2.20. The van der Waals surface area contributed by atoms with Crippen LogP contribution in [0.5, 0.6) is 0 Å². The number of nitrogens with zero attached hydrogens (tertiary/aromatic N) is 2. The Hall–Kier alpha value is -1.39. The molecule has 13 heavy (non-hydrogen) atoms. The number of rotatable bonds is 2. The number of carbonyl (C=O) groups excluding carboxylic acids is 1. The van der Waals surface area contributed by atoms with Crippen molar-refractivity contribution in [2.24, 2.45) is 16.0 Å². The van der Waals surface area contributed by atoms with Crippen LogP contribution in [0.1, 0.15) is 19.8 Å². The first-order chi connectivity index (χ1) is 6.25. The van der Waals surface area contributed by atoms with Gasteiger partial charge in [-0.15, -0.1) is 0 Å². The number of nitrogens with one attached hydrogen (secondary N) is 2. The van der Waals surface area contributed by atoms with Crippen molar-refractivity contribution in [1.82, 2.24) is 10.7 Å². The summed E-state index contributed by atoms with van der Waals surface area (Å²) in [7, 11) is 0. The predicted molar refractivity (Wildman–Crippen MR) is 49.4 cm³/mol. The van der Waals surface area contributed by atoms with Crippen LogP contribution in [0.2, 0.25) is 0 Å². The maximum atomic E-state index is 10.7. The van der Waals surface area contributed by atoms with Crippen LogP contribution in [0.15, 0.2) is 10.1 Å². The lowest BCUT2D eigenvalue weighted by atomic mass is 10.3. The van der Waals surface area contributed by atoms with Gasteiger partial charge in [-0.25, -0.2) is 10.4 Å². The van der Waals surface area contributed by atoms with Gasteiger partial charge in [0, 0.05) is 5.71 Å². The highest BCUT2D eigenvalue weighted by Crippen LogP contribution is 2.30. The van der Waals surface area contributed by atoms with Crippen LogP contribution < -0.4 is 10.7 Å². The van der Waals surface area contributed by atoms with Crippen LogP contribution in [0.3, 0.4) is 0 Å². The van der Waals surface area contributed by atoms with E-state index >= 15 is 0 Å². The maximum absolute atomic E-state index is 10.7. The quantitative estimate of drug-likeness (QED) is 0.458. The highest BCUT2D eigenvalue weighted by Gasteiger charge is 2.24. The Kier molecular flexibility index (Phi) is 2.00. The summed E-state index contributed by atoms with van der Waals surface area (Å²) in [4.78, 5) is 14.6. The molecule has 2 N–H and O–H groups in total. The number of guanidine groups is 1. The molecule has 0 aromatic carbocycles. The molecule has 1 aliphatic heterocycles. The first kappa shape index (κ1) is 8.22. The Bertz CT molecular complexity index is 291. The van der Waals surface area contributed by atoms with Crippen molar-refractivity contribution in [2.75, 3.05) is 6.54 Å². The molecule has 2 aliphatic rings. The SMILES string of the molecule is CC(=NNC1=NCC(=O)N1)C1CC1. The van der Waals surface area contributed by atoms with Gasteiger partial charge in [0.1, 0.15) is 6.54 Å². The number of amides is 1. The van der Waals surface area contributed by atoms with Crippen LogP contribution >= 0.6 is 0 Å². The Morgan fingerprint density at radius 1 is 1.69 bits per heavy atom. The van der Waals surface area contributed by atoms with Crippen molar-refractivity contribution in [3.05, 3.63) is 0 Å². The highest BCUT2D eigenvalue weighted by molar-refractivity contribution is 6.03. The van der Waals surface area contributed by atoms with E-state index in [1.165, 1.54) is 12.8 Å². The fraction of sp³-hybridized carbons (Fsp3) is 0.625. The number of carbonyl (C=O) groups is 1. The van der Waals surface area contributed by atoms with Gasteiger partial charge in [-0.2, -0.15) is 5.10 Å². The predicted octanol–water partition coefficient (Wildman–Crippen LogP) is -0.152. The Balaban J connectivity index is 1.84. The number of hydrazone groups is 1. The van der Waals surface area contributed by atoms with Crippen molar-refractivity contribution in [3.63, 3.8) is 0 Å². The minimum absolute atomic E-state index is 0.0817. The van der Waals surface area contributed by atoms with Gasteiger partial charge in [0.2, 0.25) is 11.9 Å². The monoisotopic (exact) mass is 180 g/mol. The molecular formula is C8H12N4O. The molecule has 0 aromatic rings. The van der Waals surface area contributed by atoms with Crippen molar-refractivity contribution in [3.8, 4) is 0 Å². The van der Waals surface area contributed by atoms with Crippen molar-refractivity contribution < 1.29 is 4.79 Å². The molecule has 0 spiro atoms. The zero-order chi connectivity index (χ0) is 9.26. The van der Waals surface area contributed by atoms with Gasteiger partial charge in [0.25, 0.3) is 0 Å². The van der Waals surface area contributed by atoms with Gasteiger partial charge in [-0.3, -0.25) is 10.1 Å². The summed E-state index contributed by atoms with van der Waals surface area (Å²) in [5.74, 6) is 1.02. The number of aliphatic imine (C=N–C) groups is 1. The van der Waals surface area contributed by atoms with E-state index in [4.69, 9.17) is 0 Å². The number of hydrogen-bond donors (Lipinski definition) is 2. The van der Waals surface area contributed by atoms with E-state index in [1.54, 1.807) is 0 Å². The summed E-state index contributed by atoms with van der Waals surface area (Å²) in [5.41, 5.74) is 3.83. The van der Waals surface area contributed by atoms with Crippen molar-refractivity contribution in [1.29, 1.82) is 0 Å². The third kappa shape index (κ3) is 2.05. The Morgan fingerprint density at radius 2 is 2.46 bits per heavy atom. The van der Waals surface area contributed by atoms with Gasteiger partial charge < -0.3 is 0 Å². The molecule has 0 aromatic heterocycles. The van der Waals surface area contributed by atoms with Crippen LogP contribution in [-0.4, -0.2) is 24.1 Å². The summed E-state index contributed by atoms with van der Waals surface area (Å²) in [6.07, 6.45) is 2.46. The van der Waals surface area contributed by atoms with Crippen LogP contribution in [-0.2, 0) is 4.79 Å². The summed E-state index contributed by atoms with van der Waals surface area (Å²) >= 11 is 0. The third-order valence-corrected chi connectivity index (χ3v) is 2.14. The van der Waals surface area contributed by atoms with Gasteiger partial charge in [0.15, 0.2) is 0 Å². The molecule has 5 nitrogen and oxygen atoms in total. The molecule has 1 amide bonds. The molecule has 5 heteroatoms. The fourth-order valence-corrected chi connectivity index (χ4v) is 1.16. The van der Waals surface area contributed by atoms with E-state index in [1.807, 2.05) is 6.92 Å². The van der Waals surface area contributed by atoms with Crippen LogP contribution in [0.25, 0.3) is 0 Å². The second-order valence-corrected chi connectivity index (χ2v) is 3.35. The largest absolute Gasteiger partial charge is 0.294 e. The minimum Gasteiger partial charge on any atom is -0.294 e. The smallest absolute Gasteiger partial charge is 0.248 e. The molecule has 0 bridgehead atoms.